The van der Waals surface area contributed by atoms with Crippen LogP contribution in [-0.2, 0) is 6.42 Å². The normalized spacial score (nSPS) is 14.5. The van der Waals surface area contributed by atoms with Crippen LogP contribution in [0.4, 0.5) is 0 Å². The number of unbranched alkanes of at least 4 members (excludes halogenated alkanes) is 1. The fourth-order valence-corrected chi connectivity index (χ4v) is 1.93. The van der Waals surface area contributed by atoms with Gasteiger partial charge < -0.3 is 4.98 Å². The van der Waals surface area contributed by atoms with E-state index in [0.29, 0.717) is 0 Å². The van der Waals surface area contributed by atoms with Crippen molar-refractivity contribution in [2.45, 2.75) is 39.0 Å². The van der Waals surface area contributed by atoms with Gasteiger partial charge in [-0.25, -0.2) is 0 Å². The number of fused-ring (bicyclic) bond motifs is 1. The molecule has 0 saturated carbocycles. The third kappa shape index (κ3) is 1.69. The molecule has 1 aromatic heterocycles. The molecule has 0 amide bonds. The van der Waals surface area contributed by atoms with Crippen LogP contribution in [0, 0.1) is 0 Å². The second-order valence-electron chi connectivity index (χ2n) is 3.73. The highest BCUT2D eigenvalue weighted by atomic mass is 14.7. The second-order valence-corrected chi connectivity index (χ2v) is 3.73. The summed E-state index contributed by atoms with van der Waals surface area (Å²) in [6.07, 6.45) is 13.1. The molecule has 1 aromatic rings. The number of H-pyrrole nitrogens is 1. The van der Waals surface area contributed by atoms with Crippen molar-refractivity contribution in [2.75, 3.05) is 0 Å². The summed E-state index contributed by atoms with van der Waals surface area (Å²) in [7, 11) is 0. The van der Waals surface area contributed by atoms with E-state index in [1.54, 1.807) is 0 Å². The smallest absolute Gasteiger partial charge is 0.0413 e. The Bertz CT molecular complexity index is 384. The minimum absolute atomic E-state index is 1.20. The molecule has 2 rings (SSSR count). The van der Waals surface area contributed by atoms with Crippen LogP contribution in [0.3, 0.4) is 0 Å². The molecule has 0 spiro atoms. The largest absolute Gasteiger partial charge is 0.361 e. The molecule has 1 N–H and O–H groups in total. The number of aryl methyl sites for hydroxylation is 1. The van der Waals surface area contributed by atoms with Crippen LogP contribution < -0.4 is 10.6 Å². The predicted octanol–water partition coefficient (Wildman–Crippen LogP) is 1.71. The van der Waals surface area contributed by atoms with Gasteiger partial charge in [-0.05, 0) is 36.5 Å². The molecule has 0 unspecified atom stereocenters. The zero-order chi connectivity index (χ0) is 9.10. The lowest BCUT2D eigenvalue weighted by Gasteiger charge is -1.97. The van der Waals surface area contributed by atoms with Gasteiger partial charge in [0.25, 0.3) is 0 Å². The molecule has 0 aliphatic heterocycles. The Morgan fingerprint density at radius 3 is 3.00 bits per heavy atom. The number of hydrogen-bond donors (Lipinski definition) is 1. The highest BCUT2D eigenvalue weighted by molar-refractivity contribution is 5.39. The van der Waals surface area contributed by atoms with E-state index in [-0.39, 0.29) is 0 Å². The maximum atomic E-state index is 3.35. The van der Waals surface area contributed by atoms with Crippen LogP contribution in [-0.4, -0.2) is 4.98 Å². The summed E-state index contributed by atoms with van der Waals surface area (Å²) in [4.78, 5) is 3.35. The van der Waals surface area contributed by atoms with Gasteiger partial charge in [0, 0.05) is 11.5 Å². The van der Waals surface area contributed by atoms with Crippen LogP contribution >= 0.6 is 0 Å². The molecule has 0 bridgehead atoms. The number of nitrogens with one attached hydrogen (secondary N) is 1. The summed E-state index contributed by atoms with van der Waals surface area (Å²) in [6, 6.07) is 0. The maximum Gasteiger partial charge on any atom is 0.0413 e. The van der Waals surface area contributed by atoms with Crippen molar-refractivity contribution in [1.82, 2.24) is 4.98 Å². The number of aromatic nitrogens is 1. The monoisotopic (exact) mass is 175 g/mol. The lowest BCUT2D eigenvalue weighted by Crippen LogP contribution is -2.26. The molecule has 0 aromatic carbocycles. The van der Waals surface area contributed by atoms with E-state index in [2.05, 4.69) is 30.3 Å². The van der Waals surface area contributed by atoms with Crippen molar-refractivity contribution in [3.63, 3.8) is 0 Å². The third-order valence-electron chi connectivity index (χ3n) is 2.70. The van der Waals surface area contributed by atoms with Crippen LogP contribution in [0.15, 0.2) is 6.20 Å². The Labute approximate surface area is 79.2 Å². The lowest BCUT2D eigenvalue weighted by molar-refractivity contribution is 0.792. The van der Waals surface area contributed by atoms with Crippen molar-refractivity contribution in [3.05, 3.63) is 22.3 Å². The Morgan fingerprint density at radius 2 is 2.15 bits per heavy atom. The first-order chi connectivity index (χ1) is 6.42. The van der Waals surface area contributed by atoms with Gasteiger partial charge in [0.05, 0.1) is 0 Å². The van der Waals surface area contributed by atoms with E-state index in [4.69, 9.17) is 0 Å². The molecule has 1 heterocycles. The van der Waals surface area contributed by atoms with Gasteiger partial charge in [-0.2, -0.15) is 0 Å². The standard InChI is InChI=1S/C12H17N/c1-2-3-6-10-9-13-12-8-5-4-7-11(10)12/h7-9,13H,2-6H2,1H3. The predicted molar refractivity (Wildman–Crippen MR) is 56.8 cm³/mol. The molecule has 1 heteroatoms. The average molecular weight is 175 g/mol. The lowest BCUT2D eigenvalue weighted by atomic mass is 10.1. The fraction of sp³-hybridized carbons (Fsp3) is 0.500. The summed E-state index contributed by atoms with van der Waals surface area (Å²) >= 11 is 0. The minimum atomic E-state index is 1.20. The first kappa shape index (κ1) is 8.61. The van der Waals surface area contributed by atoms with E-state index in [1.165, 1.54) is 48.2 Å². The van der Waals surface area contributed by atoms with E-state index in [0.717, 1.165) is 0 Å². The van der Waals surface area contributed by atoms with Crippen molar-refractivity contribution >= 4 is 12.2 Å². The SMILES string of the molecule is CCCCc1c[nH]c2c1=CCCC=2. The van der Waals surface area contributed by atoms with Gasteiger partial charge in [-0.1, -0.05) is 25.5 Å². The van der Waals surface area contributed by atoms with Crippen LogP contribution in [0.25, 0.3) is 12.2 Å². The van der Waals surface area contributed by atoms with Crippen LogP contribution in [0.5, 0.6) is 0 Å². The van der Waals surface area contributed by atoms with E-state index in [1.807, 2.05) is 0 Å². The first-order valence-corrected chi connectivity index (χ1v) is 5.28. The Hall–Kier alpha value is -0.980. The molecular formula is C12H17N. The highest BCUT2D eigenvalue weighted by Crippen LogP contribution is 2.00. The number of rotatable bonds is 3. The van der Waals surface area contributed by atoms with Crippen molar-refractivity contribution in [2.24, 2.45) is 0 Å². The number of hydrogen-bond acceptors (Lipinski definition) is 0. The zero-order valence-electron chi connectivity index (χ0n) is 8.27. The van der Waals surface area contributed by atoms with Gasteiger partial charge in [-0.15, -0.1) is 0 Å². The average Bonchev–Trinajstić information content (AvgIpc) is 2.58. The minimum Gasteiger partial charge on any atom is -0.361 e. The van der Waals surface area contributed by atoms with Crippen LogP contribution in [0.2, 0.25) is 0 Å². The summed E-state index contributed by atoms with van der Waals surface area (Å²) in [5, 5.41) is 2.82. The summed E-state index contributed by atoms with van der Waals surface area (Å²) < 4.78 is 0. The maximum absolute atomic E-state index is 3.35. The van der Waals surface area contributed by atoms with Crippen LogP contribution in [0.1, 0.15) is 38.2 Å². The molecule has 0 radical (unpaired) electrons. The zero-order valence-corrected chi connectivity index (χ0v) is 8.27. The Balaban J connectivity index is 2.33. The Morgan fingerprint density at radius 1 is 1.31 bits per heavy atom. The molecule has 70 valence electrons. The molecule has 0 atom stereocenters. The topological polar surface area (TPSA) is 15.8 Å². The van der Waals surface area contributed by atoms with E-state index >= 15 is 0 Å². The fourth-order valence-electron chi connectivity index (χ4n) is 1.93. The van der Waals surface area contributed by atoms with Gasteiger partial charge in [0.2, 0.25) is 0 Å². The summed E-state index contributed by atoms with van der Waals surface area (Å²) in [5.41, 5.74) is 1.51. The molecule has 0 fully saturated rings. The highest BCUT2D eigenvalue weighted by Gasteiger charge is 2.01. The number of aromatic amines is 1. The molecular weight excluding hydrogens is 158 g/mol. The second kappa shape index (κ2) is 3.82. The quantitative estimate of drug-likeness (QED) is 0.720. The van der Waals surface area contributed by atoms with Gasteiger partial charge in [0.15, 0.2) is 0 Å². The van der Waals surface area contributed by atoms with E-state index < -0.39 is 0 Å². The van der Waals surface area contributed by atoms with E-state index in [9.17, 15) is 0 Å². The summed E-state index contributed by atoms with van der Waals surface area (Å²) in [6.45, 7) is 2.24. The van der Waals surface area contributed by atoms with Gasteiger partial charge >= 0.3 is 0 Å². The molecule has 1 aliphatic rings. The van der Waals surface area contributed by atoms with Gasteiger partial charge in [0.1, 0.15) is 0 Å². The molecule has 13 heavy (non-hydrogen) atoms. The molecule has 0 saturated heterocycles. The first-order valence-electron chi connectivity index (χ1n) is 5.28. The van der Waals surface area contributed by atoms with Crippen molar-refractivity contribution in [1.29, 1.82) is 0 Å². The third-order valence-corrected chi connectivity index (χ3v) is 2.70. The molecule has 1 nitrogen and oxygen atoms in total. The summed E-state index contributed by atoms with van der Waals surface area (Å²) in [5.74, 6) is 0. The Kier molecular flexibility index (Phi) is 2.53. The van der Waals surface area contributed by atoms with Crippen molar-refractivity contribution < 1.29 is 0 Å². The van der Waals surface area contributed by atoms with Crippen molar-refractivity contribution in [3.8, 4) is 0 Å². The molecule has 1 aliphatic carbocycles. The van der Waals surface area contributed by atoms with Gasteiger partial charge in [-0.3, -0.25) is 0 Å².